The van der Waals surface area contributed by atoms with Crippen LogP contribution in [0.1, 0.15) is 12.8 Å². The van der Waals surface area contributed by atoms with Gasteiger partial charge in [0.1, 0.15) is 0 Å². The van der Waals surface area contributed by atoms with E-state index in [2.05, 4.69) is 4.90 Å². The highest BCUT2D eigenvalue weighted by Gasteiger charge is 2.19. The van der Waals surface area contributed by atoms with Crippen LogP contribution in [0, 0.1) is 0 Å². The summed E-state index contributed by atoms with van der Waals surface area (Å²) < 4.78 is 10.1. The van der Waals surface area contributed by atoms with Crippen molar-refractivity contribution in [2.45, 2.75) is 25.0 Å². The quantitative estimate of drug-likeness (QED) is 0.579. The lowest BCUT2D eigenvalue weighted by Gasteiger charge is -2.31. The molecule has 96 valence electrons. The summed E-state index contributed by atoms with van der Waals surface area (Å²) in [5, 5.41) is 19.2. The van der Waals surface area contributed by atoms with E-state index in [1.807, 2.05) is 0 Å². The number of hydrogen-bond acceptors (Lipinski definition) is 5. The first-order chi connectivity index (χ1) is 7.72. The smallest absolute Gasteiger partial charge is 0.0900 e. The number of aliphatic hydroxyl groups is 2. The third-order valence-electron chi connectivity index (χ3n) is 2.69. The van der Waals surface area contributed by atoms with Crippen molar-refractivity contribution >= 4 is 0 Å². The SMILES string of the molecule is COCCOCC(O)CN1CCCC(O)C1. The number of nitrogens with zero attached hydrogens (tertiary/aromatic N) is 1. The van der Waals surface area contributed by atoms with Gasteiger partial charge in [-0.3, -0.25) is 4.90 Å². The van der Waals surface area contributed by atoms with Crippen molar-refractivity contribution < 1.29 is 19.7 Å². The van der Waals surface area contributed by atoms with Crippen LogP contribution in [-0.2, 0) is 9.47 Å². The molecule has 1 heterocycles. The zero-order valence-corrected chi connectivity index (χ0v) is 9.97. The highest BCUT2D eigenvalue weighted by Crippen LogP contribution is 2.09. The zero-order valence-electron chi connectivity index (χ0n) is 9.97. The number of rotatable bonds is 7. The fraction of sp³-hybridized carbons (Fsp3) is 1.00. The maximum Gasteiger partial charge on any atom is 0.0900 e. The second kappa shape index (κ2) is 7.97. The third kappa shape index (κ3) is 5.77. The number of ether oxygens (including phenoxy) is 2. The molecule has 0 aliphatic carbocycles. The summed E-state index contributed by atoms with van der Waals surface area (Å²) in [6.07, 6.45) is 1.15. The standard InChI is InChI=1S/C11H23NO4/c1-15-5-6-16-9-11(14)8-12-4-2-3-10(13)7-12/h10-11,13-14H,2-9H2,1H3. The summed E-state index contributed by atoms with van der Waals surface area (Å²) in [6, 6.07) is 0. The Bertz CT molecular complexity index is 179. The first-order valence-electron chi connectivity index (χ1n) is 5.87. The van der Waals surface area contributed by atoms with Crippen LogP contribution in [0.25, 0.3) is 0 Å². The van der Waals surface area contributed by atoms with Crippen molar-refractivity contribution in [3.8, 4) is 0 Å². The van der Waals surface area contributed by atoms with E-state index in [0.717, 1.165) is 19.4 Å². The zero-order chi connectivity index (χ0) is 11.8. The molecule has 5 heteroatoms. The summed E-state index contributed by atoms with van der Waals surface area (Å²) in [5.74, 6) is 0. The van der Waals surface area contributed by atoms with E-state index in [0.29, 0.717) is 32.9 Å². The monoisotopic (exact) mass is 233 g/mol. The molecule has 0 aromatic rings. The molecular weight excluding hydrogens is 210 g/mol. The molecule has 0 aromatic carbocycles. The molecule has 0 aromatic heterocycles. The molecule has 2 N–H and O–H groups in total. The minimum Gasteiger partial charge on any atom is -0.392 e. The number of aliphatic hydroxyl groups excluding tert-OH is 2. The van der Waals surface area contributed by atoms with Gasteiger partial charge in [0.05, 0.1) is 32.0 Å². The Kier molecular flexibility index (Phi) is 6.91. The van der Waals surface area contributed by atoms with Gasteiger partial charge in [-0.25, -0.2) is 0 Å². The third-order valence-corrected chi connectivity index (χ3v) is 2.69. The van der Waals surface area contributed by atoms with Gasteiger partial charge in [0.25, 0.3) is 0 Å². The Labute approximate surface area is 97.0 Å². The molecule has 1 saturated heterocycles. The Balaban J connectivity index is 2.06. The van der Waals surface area contributed by atoms with Crippen LogP contribution in [0.3, 0.4) is 0 Å². The van der Waals surface area contributed by atoms with Crippen LogP contribution in [0.5, 0.6) is 0 Å². The van der Waals surface area contributed by atoms with E-state index in [1.54, 1.807) is 7.11 Å². The van der Waals surface area contributed by atoms with Crippen LogP contribution >= 0.6 is 0 Å². The molecule has 0 radical (unpaired) electrons. The van der Waals surface area contributed by atoms with E-state index < -0.39 is 6.10 Å². The molecule has 2 unspecified atom stereocenters. The second-order valence-corrected chi connectivity index (χ2v) is 4.28. The maximum absolute atomic E-state index is 9.70. The van der Waals surface area contributed by atoms with Crippen LogP contribution in [-0.4, -0.2) is 73.9 Å². The summed E-state index contributed by atoms with van der Waals surface area (Å²) in [7, 11) is 1.62. The van der Waals surface area contributed by atoms with Gasteiger partial charge in [0, 0.05) is 20.2 Å². The highest BCUT2D eigenvalue weighted by molar-refractivity contribution is 4.73. The maximum atomic E-state index is 9.70. The molecule has 1 fully saturated rings. The van der Waals surface area contributed by atoms with Crippen LogP contribution in [0.15, 0.2) is 0 Å². The predicted molar refractivity (Wildman–Crippen MR) is 60.4 cm³/mol. The molecule has 0 amide bonds. The van der Waals surface area contributed by atoms with E-state index in [1.165, 1.54) is 0 Å². The Hall–Kier alpha value is -0.200. The summed E-state index contributed by atoms with van der Waals surface area (Å²) in [5.41, 5.74) is 0. The van der Waals surface area contributed by atoms with Crippen molar-refractivity contribution in [2.75, 3.05) is 46.6 Å². The summed E-state index contributed by atoms with van der Waals surface area (Å²) in [6.45, 7) is 3.58. The van der Waals surface area contributed by atoms with E-state index in [9.17, 15) is 10.2 Å². The fourth-order valence-electron chi connectivity index (χ4n) is 1.91. The van der Waals surface area contributed by atoms with Gasteiger partial charge in [-0.05, 0) is 19.4 Å². The van der Waals surface area contributed by atoms with Crippen molar-refractivity contribution in [3.63, 3.8) is 0 Å². The lowest BCUT2D eigenvalue weighted by Crippen LogP contribution is -2.43. The van der Waals surface area contributed by atoms with Gasteiger partial charge < -0.3 is 19.7 Å². The first-order valence-corrected chi connectivity index (χ1v) is 5.87. The number of hydrogen-bond donors (Lipinski definition) is 2. The van der Waals surface area contributed by atoms with E-state index in [4.69, 9.17) is 9.47 Å². The second-order valence-electron chi connectivity index (χ2n) is 4.28. The van der Waals surface area contributed by atoms with Gasteiger partial charge in [-0.15, -0.1) is 0 Å². The highest BCUT2D eigenvalue weighted by atomic mass is 16.5. The number of methoxy groups -OCH3 is 1. The molecule has 0 bridgehead atoms. The van der Waals surface area contributed by atoms with Crippen molar-refractivity contribution in [1.29, 1.82) is 0 Å². The summed E-state index contributed by atoms with van der Waals surface area (Å²) >= 11 is 0. The van der Waals surface area contributed by atoms with Crippen LogP contribution in [0.4, 0.5) is 0 Å². The Morgan fingerprint density at radius 3 is 2.94 bits per heavy atom. The molecule has 0 saturated carbocycles. The fourth-order valence-corrected chi connectivity index (χ4v) is 1.91. The topological polar surface area (TPSA) is 62.2 Å². The first kappa shape index (κ1) is 13.9. The molecule has 5 nitrogen and oxygen atoms in total. The predicted octanol–water partition coefficient (Wildman–Crippen LogP) is -0.533. The minimum absolute atomic E-state index is 0.240. The number of β-amino-alcohol motifs (C(OH)–C–C–N with tert-alkyl or cyclic N) is 2. The van der Waals surface area contributed by atoms with Crippen LogP contribution < -0.4 is 0 Å². The minimum atomic E-state index is -0.484. The molecule has 1 aliphatic rings. The molecular formula is C11H23NO4. The molecule has 16 heavy (non-hydrogen) atoms. The molecule has 0 spiro atoms. The lowest BCUT2D eigenvalue weighted by molar-refractivity contribution is -0.0135. The van der Waals surface area contributed by atoms with Crippen LogP contribution in [0.2, 0.25) is 0 Å². The average molecular weight is 233 g/mol. The van der Waals surface area contributed by atoms with Crippen molar-refractivity contribution in [1.82, 2.24) is 4.90 Å². The Morgan fingerprint density at radius 1 is 1.44 bits per heavy atom. The van der Waals surface area contributed by atoms with E-state index in [-0.39, 0.29) is 6.10 Å². The summed E-state index contributed by atoms with van der Waals surface area (Å²) in [4.78, 5) is 2.08. The van der Waals surface area contributed by atoms with Gasteiger partial charge in [0.15, 0.2) is 0 Å². The average Bonchev–Trinajstić information content (AvgIpc) is 2.24. The number of likely N-dealkylation sites (tertiary alicyclic amines) is 1. The van der Waals surface area contributed by atoms with Crippen molar-refractivity contribution in [3.05, 3.63) is 0 Å². The van der Waals surface area contributed by atoms with Gasteiger partial charge in [-0.2, -0.15) is 0 Å². The lowest BCUT2D eigenvalue weighted by atomic mass is 10.1. The Morgan fingerprint density at radius 2 is 2.25 bits per heavy atom. The number of piperidine rings is 1. The van der Waals surface area contributed by atoms with Gasteiger partial charge in [0.2, 0.25) is 0 Å². The van der Waals surface area contributed by atoms with Gasteiger partial charge in [-0.1, -0.05) is 0 Å². The van der Waals surface area contributed by atoms with Crippen molar-refractivity contribution in [2.24, 2.45) is 0 Å². The largest absolute Gasteiger partial charge is 0.392 e. The van der Waals surface area contributed by atoms with Gasteiger partial charge >= 0.3 is 0 Å². The van der Waals surface area contributed by atoms with E-state index >= 15 is 0 Å². The normalized spacial score (nSPS) is 24.6. The molecule has 1 rings (SSSR count). The molecule has 1 aliphatic heterocycles. The molecule has 2 atom stereocenters.